The zero-order valence-electron chi connectivity index (χ0n) is 23.3. The van der Waals surface area contributed by atoms with Gasteiger partial charge in [0.2, 0.25) is 0 Å². The molecule has 214 valence electrons. The fourth-order valence-corrected chi connectivity index (χ4v) is 4.82. The molecule has 1 atom stereocenters. The van der Waals surface area contributed by atoms with Crippen molar-refractivity contribution in [3.8, 4) is 5.69 Å². The number of aryl methyl sites for hydroxylation is 2. The summed E-state index contributed by atoms with van der Waals surface area (Å²) in [7, 11) is 0. The van der Waals surface area contributed by atoms with E-state index in [-0.39, 0.29) is 17.8 Å². The Kier molecular flexibility index (Phi) is 7.85. The second-order valence-corrected chi connectivity index (χ2v) is 10.2. The lowest BCUT2D eigenvalue weighted by atomic mass is 10.1. The molecule has 0 fully saturated rings. The summed E-state index contributed by atoms with van der Waals surface area (Å²) in [6, 6.07) is 24.9. The first-order valence-corrected chi connectivity index (χ1v) is 13.4. The Morgan fingerprint density at radius 2 is 1.62 bits per heavy atom. The van der Waals surface area contributed by atoms with Crippen LogP contribution in [0.2, 0.25) is 0 Å². The summed E-state index contributed by atoms with van der Waals surface area (Å²) in [5.41, 5.74) is 2.74. The molecule has 6 nitrogen and oxygen atoms in total. The molecule has 0 saturated heterocycles. The highest BCUT2D eigenvalue weighted by Crippen LogP contribution is 2.31. The number of fused-ring (bicyclic) bond motifs is 1. The van der Waals surface area contributed by atoms with Crippen LogP contribution in [0.3, 0.4) is 0 Å². The Labute approximate surface area is 241 Å². The van der Waals surface area contributed by atoms with Gasteiger partial charge in [-0.1, -0.05) is 54.6 Å². The highest BCUT2D eigenvalue weighted by molar-refractivity contribution is 5.89. The van der Waals surface area contributed by atoms with E-state index in [0.717, 1.165) is 28.8 Å². The minimum absolute atomic E-state index is 0.00175. The van der Waals surface area contributed by atoms with Gasteiger partial charge in [0.05, 0.1) is 28.2 Å². The van der Waals surface area contributed by atoms with Crippen LogP contribution in [0.15, 0.2) is 102 Å². The highest BCUT2D eigenvalue weighted by atomic mass is 19.4. The zero-order chi connectivity index (χ0) is 30.0. The molecule has 4 aromatic carbocycles. The number of nitrogens with zero attached hydrogens (tertiary/aromatic N) is 3. The molecule has 5 rings (SSSR count). The Hall–Kier alpha value is -4.92. The summed E-state index contributed by atoms with van der Waals surface area (Å²) in [5.74, 6) is 0.317. The standard InChI is InChI=1S/C33H29F3N4O2/c1-21-16-17-27(18-22(21)2)40-30(38-29-15-8-7-14-28(29)31(40)41)23(3)39(20-24-10-5-4-6-11-24)32(42)37-26-13-9-12-25(19-26)33(34,35)36/h4-19,23H,20H2,1-3H3,(H,37,42). The SMILES string of the molecule is Cc1ccc(-n2c(C(C)N(Cc3ccccc3)C(=O)Nc3cccc(C(F)(F)F)c3)nc3ccccc3c2=O)cc1C. The van der Waals surface area contributed by atoms with Crippen LogP contribution in [-0.2, 0) is 12.7 Å². The normalized spacial score (nSPS) is 12.2. The van der Waals surface area contributed by atoms with Gasteiger partial charge in [-0.3, -0.25) is 9.36 Å². The Morgan fingerprint density at radius 1 is 0.905 bits per heavy atom. The summed E-state index contributed by atoms with van der Waals surface area (Å²) in [6.07, 6.45) is -4.56. The fraction of sp³-hybridized carbons (Fsp3) is 0.182. The van der Waals surface area contributed by atoms with Gasteiger partial charge in [-0.25, -0.2) is 9.78 Å². The van der Waals surface area contributed by atoms with Crippen molar-refractivity contribution in [3.05, 3.63) is 135 Å². The average molecular weight is 571 g/mol. The van der Waals surface area contributed by atoms with E-state index in [2.05, 4.69) is 5.32 Å². The van der Waals surface area contributed by atoms with E-state index in [0.29, 0.717) is 22.4 Å². The van der Waals surface area contributed by atoms with Crippen molar-refractivity contribution in [1.29, 1.82) is 0 Å². The fourth-order valence-electron chi connectivity index (χ4n) is 4.82. The van der Waals surface area contributed by atoms with Gasteiger partial charge in [-0.2, -0.15) is 13.2 Å². The first kappa shape index (κ1) is 28.6. The molecular weight excluding hydrogens is 541 g/mol. The molecule has 0 aliphatic heterocycles. The number of aromatic nitrogens is 2. The first-order chi connectivity index (χ1) is 20.0. The molecule has 2 amide bonds. The first-order valence-electron chi connectivity index (χ1n) is 13.4. The van der Waals surface area contributed by atoms with Crippen molar-refractivity contribution in [3.63, 3.8) is 0 Å². The van der Waals surface area contributed by atoms with Crippen LogP contribution in [0.25, 0.3) is 16.6 Å². The molecule has 0 aliphatic rings. The molecule has 42 heavy (non-hydrogen) atoms. The van der Waals surface area contributed by atoms with Crippen LogP contribution in [0.1, 0.15) is 41.0 Å². The van der Waals surface area contributed by atoms with Gasteiger partial charge in [0.15, 0.2) is 0 Å². The monoisotopic (exact) mass is 570 g/mol. The summed E-state index contributed by atoms with van der Waals surface area (Å²) in [6.45, 7) is 5.79. The predicted molar refractivity (Wildman–Crippen MR) is 158 cm³/mol. The second-order valence-electron chi connectivity index (χ2n) is 10.2. The van der Waals surface area contributed by atoms with Crippen molar-refractivity contribution in [2.24, 2.45) is 0 Å². The van der Waals surface area contributed by atoms with Crippen LogP contribution in [0, 0.1) is 13.8 Å². The maximum atomic E-state index is 13.9. The van der Waals surface area contributed by atoms with Gasteiger partial charge in [-0.15, -0.1) is 0 Å². The van der Waals surface area contributed by atoms with Crippen molar-refractivity contribution >= 4 is 22.6 Å². The van der Waals surface area contributed by atoms with Crippen LogP contribution in [0.5, 0.6) is 0 Å². The predicted octanol–water partition coefficient (Wildman–Crippen LogP) is 7.82. The molecule has 9 heteroatoms. The lowest BCUT2D eigenvalue weighted by molar-refractivity contribution is -0.137. The van der Waals surface area contributed by atoms with E-state index < -0.39 is 23.8 Å². The number of hydrogen-bond acceptors (Lipinski definition) is 3. The number of benzene rings is 4. The Balaban J connectivity index is 1.64. The molecular formula is C33H29F3N4O2. The lowest BCUT2D eigenvalue weighted by Crippen LogP contribution is -2.39. The molecule has 1 unspecified atom stereocenters. The maximum absolute atomic E-state index is 13.9. The summed E-state index contributed by atoms with van der Waals surface area (Å²) in [5, 5.41) is 3.05. The van der Waals surface area contributed by atoms with Gasteiger partial charge in [0.25, 0.3) is 5.56 Å². The topological polar surface area (TPSA) is 67.2 Å². The van der Waals surface area contributed by atoms with E-state index in [1.165, 1.54) is 21.6 Å². The summed E-state index contributed by atoms with van der Waals surface area (Å²) >= 11 is 0. The third-order valence-electron chi connectivity index (χ3n) is 7.29. The number of carbonyl (C=O) groups excluding carboxylic acids is 1. The van der Waals surface area contributed by atoms with E-state index in [1.54, 1.807) is 31.2 Å². The van der Waals surface area contributed by atoms with Crippen molar-refractivity contribution < 1.29 is 18.0 Å². The number of para-hydroxylation sites is 1. The Morgan fingerprint density at radius 3 is 2.33 bits per heavy atom. The van der Waals surface area contributed by atoms with E-state index in [1.807, 2.05) is 62.4 Å². The molecule has 0 spiro atoms. The van der Waals surface area contributed by atoms with Gasteiger partial charge >= 0.3 is 12.2 Å². The Bertz CT molecular complexity index is 1820. The quantitative estimate of drug-likeness (QED) is 0.226. The van der Waals surface area contributed by atoms with Crippen LogP contribution < -0.4 is 10.9 Å². The number of carbonyl (C=O) groups is 1. The second kappa shape index (κ2) is 11.5. The average Bonchev–Trinajstić information content (AvgIpc) is 2.97. The number of rotatable bonds is 6. The number of amides is 2. The largest absolute Gasteiger partial charge is 0.416 e. The van der Waals surface area contributed by atoms with Gasteiger partial charge in [0.1, 0.15) is 5.82 Å². The van der Waals surface area contributed by atoms with Crippen molar-refractivity contribution in [2.75, 3.05) is 5.32 Å². The number of alkyl halides is 3. The molecule has 0 aliphatic carbocycles. The van der Waals surface area contributed by atoms with Crippen molar-refractivity contribution in [1.82, 2.24) is 14.5 Å². The maximum Gasteiger partial charge on any atom is 0.416 e. The number of halogens is 3. The molecule has 0 saturated carbocycles. The van der Waals surface area contributed by atoms with E-state index >= 15 is 0 Å². The molecule has 1 heterocycles. The van der Waals surface area contributed by atoms with E-state index in [4.69, 9.17) is 4.98 Å². The number of nitrogens with one attached hydrogen (secondary N) is 1. The number of hydrogen-bond donors (Lipinski definition) is 1. The molecule has 1 N–H and O–H groups in total. The summed E-state index contributed by atoms with van der Waals surface area (Å²) < 4.78 is 41.6. The third-order valence-corrected chi connectivity index (χ3v) is 7.29. The molecule has 0 radical (unpaired) electrons. The number of urea groups is 1. The van der Waals surface area contributed by atoms with Gasteiger partial charge in [0, 0.05) is 12.2 Å². The zero-order valence-corrected chi connectivity index (χ0v) is 23.3. The highest BCUT2D eigenvalue weighted by Gasteiger charge is 2.31. The van der Waals surface area contributed by atoms with Crippen LogP contribution in [0.4, 0.5) is 23.7 Å². The minimum Gasteiger partial charge on any atom is -0.310 e. The molecule has 1 aromatic heterocycles. The van der Waals surface area contributed by atoms with Crippen LogP contribution >= 0.6 is 0 Å². The van der Waals surface area contributed by atoms with E-state index in [9.17, 15) is 22.8 Å². The smallest absolute Gasteiger partial charge is 0.310 e. The van der Waals surface area contributed by atoms with Gasteiger partial charge < -0.3 is 10.2 Å². The lowest BCUT2D eigenvalue weighted by Gasteiger charge is -2.31. The summed E-state index contributed by atoms with van der Waals surface area (Å²) in [4.78, 5) is 34.0. The third kappa shape index (κ3) is 5.90. The van der Waals surface area contributed by atoms with Gasteiger partial charge in [-0.05, 0) is 79.9 Å². The molecule has 0 bridgehead atoms. The minimum atomic E-state index is -4.56. The van der Waals surface area contributed by atoms with Crippen molar-refractivity contribution in [2.45, 2.75) is 39.5 Å². The van der Waals surface area contributed by atoms with Crippen LogP contribution in [-0.4, -0.2) is 20.5 Å². The number of anilines is 1. The molecule has 5 aromatic rings.